The van der Waals surface area contributed by atoms with Crippen molar-refractivity contribution in [1.82, 2.24) is 15.4 Å². The number of halogens is 1. The highest BCUT2D eigenvalue weighted by molar-refractivity contribution is 6.29. The van der Waals surface area contributed by atoms with E-state index >= 15 is 0 Å². The van der Waals surface area contributed by atoms with Crippen molar-refractivity contribution in [3.8, 4) is 11.3 Å². The molecule has 0 unspecified atom stereocenters. The van der Waals surface area contributed by atoms with Crippen LogP contribution in [-0.4, -0.2) is 15.4 Å². The van der Waals surface area contributed by atoms with Crippen molar-refractivity contribution in [3.05, 3.63) is 28.7 Å². The topological polar surface area (TPSA) is 51.8 Å². The van der Waals surface area contributed by atoms with Crippen molar-refractivity contribution in [3.63, 3.8) is 0 Å². The molecule has 2 aromatic heterocycles. The fourth-order valence-corrected chi connectivity index (χ4v) is 1.40. The minimum atomic E-state index is 0.375. The highest BCUT2D eigenvalue weighted by Crippen LogP contribution is 2.24. The molecule has 0 atom stereocenters. The molecule has 0 aliphatic rings. The molecular weight excluding hydrogens is 202 g/mol. The molecule has 4 nitrogen and oxygen atoms in total. The Balaban J connectivity index is 2.54. The summed E-state index contributed by atoms with van der Waals surface area (Å²) < 4.78 is 5.03. The van der Waals surface area contributed by atoms with Gasteiger partial charge in [0.25, 0.3) is 0 Å². The third kappa shape index (κ3) is 1.48. The van der Waals surface area contributed by atoms with Crippen molar-refractivity contribution in [1.29, 1.82) is 0 Å². The molecule has 0 bridgehead atoms. The Kier molecular flexibility index (Phi) is 2.21. The van der Waals surface area contributed by atoms with Crippen LogP contribution < -0.4 is 0 Å². The first-order valence-corrected chi connectivity index (χ1v) is 4.49. The van der Waals surface area contributed by atoms with Crippen LogP contribution in [0.2, 0.25) is 5.15 Å². The second kappa shape index (κ2) is 3.38. The third-order valence-electron chi connectivity index (χ3n) is 1.92. The van der Waals surface area contributed by atoms with Crippen LogP contribution in [-0.2, 0) is 0 Å². The molecule has 14 heavy (non-hydrogen) atoms. The molecule has 2 rings (SSSR count). The summed E-state index contributed by atoms with van der Waals surface area (Å²) in [5.74, 6) is 0.735. The van der Waals surface area contributed by atoms with Crippen LogP contribution >= 0.6 is 11.6 Å². The van der Waals surface area contributed by atoms with Crippen molar-refractivity contribution < 1.29 is 4.52 Å². The van der Waals surface area contributed by atoms with Crippen LogP contribution in [0, 0.1) is 13.8 Å². The zero-order valence-corrected chi connectivity index (χ0v) is 8.54. The SMILES string of the molecule is Cc1noc(C)c1-c1ccc(Cl)nn1. The molecule has 0 aromatic carbocycles. The number of nitrogens with zero attached hydrogens (tertiary/aromatic N) is 3. The van der Waals surface area contributed by atoms with Gasteiger partial charge >= 0.3 is 0 Å². The van der Waals surface area contributed by atoms with Gasteiger partial charge in [-0.3, -0.25) is 0 Å². The summed E-state index contributed by atoms with van der Waals surface area (Å²) in [5.41, 5.74) is 2.42. The second-order valence-electron chi connectivity index (χ2n) is 2.94. The maximum Gasteiger partial charge on any atom is 0.151 e. The zero-order chi connectivity index (χ0) is 10.1. The fourth-order valence-electron chi connectivity index (χ4n) is 1.30. The first-order chi connectivity index (χ1) is 6.68. The van der Waals surface area contributed by atoms with Gasteiger partial charge in [-0.2, -0.15) is 0 Å². The summed E-state index contributed by atoms with van der Waals surface area (Å²) in [5, 5.41) is 11.9. The zero-order valence-electron chi connectivity index (χ0n) is 7.78. The number of rotatable bonds is 1. The van der Waals surface area contributed by atoms with Gasteiger partial charge in [-0.05, 0) is 26.0 Å². The largest absolute Gasteiger partial charge is 0.361 e. The molecule has 2 aromatic rings. The summed E-state index contributed by atoms with van der Waals surface area (Å²) in [6.07, 6.45) is 0. The molecule has 2 heterocycles. The minimum Gasteiger partial charge on any atom is -0.361 e. The lowest BCUT2D eigenvalue weighted by Gasteiger charge is -1.96. The molecule has 72 valence electrons. The molecule has 0 amide bonds. The van der Waals surface area contributed by atoms with Crippen LogP contribution in [0.5, 0.6) is 0 Å². The van der Waals surface area contributed by atoms with Crippen LogP contribution in [0.25, 0.3) is 11.3 Å². The molecule has 0 saturated heterocycles. The van der Waals surface area contributed by atoms with E-state index < -0.39 is 0 Å². The van der Waals surface area contributed by atoms with E-state index in [1.54, 1.807) is 12.1 Å². The molecule has 0 radical (unpaired) electrons. The predicted molar refractivity (Wildman–Crippen MR) is 52.0 cm³/mol. The fraction of sp³-hybridized carbons (Fsp3) is 0.222. The van der Waals surface area contributed by atoms with Crippen LogP contribution in [0.1, 0.15) is 11.5 Å². The first-order valence-electron chi connectivity index (χ1n) is 4.11. The summed E-state index contributed by atoms with van der Waals surface area (Å²) in [4.78, 5) is 0. The standard InChI is InChI=1S/C9H8ClN3O/c1-5-9(6(2)14-13-5)7-3-4-8(10)12-11-7/h3-4H,1-2H3. The van der Waals surface area contributed by atoms with Gasteiger partial charge in [0.15, 0.2) is 5.15 Å². The van der Waals surface area contributed by atoms with Gasteiger partial charge in [0, 0.05) is 0 Å². The number of aromatic nitrogens is 3. The third-order valence-corrected chi connectivity index (χ3v) is 2.12. The normalized spacial score (nSPS) is 10.5. The molecule has 0 saturated carbocycles. The quantitative estimate of drug-likeness (QED) is 0.724. The van der Waals surface area contributed by atoms with E-state index in [0.29, 0.717) is 5.15 Å². The van der Waals surface area contributed by atoms with Crippen LogP contribution in [0.4, 0.5) is 0 Å². The van der Waals surface area contributed by atoms with E-state index in [1.807, 2.05) is 13.8 Å². The molecule has 0 N–H and O–H groups in total. The van der Waals surface area contributed by atoms with Crippen molar-refractivity contribution >= 4 is 11.6 Å². The van der Waals surface area contributed by atoms with Crippen molar-refractivity contribution in [2.45, 2.75) is 13.8 Å². The molecule has 0 fully saturated rings. The molecule has 0 aliphatic heterocycles. The highest BCUT2D eigenvalue weighted by Gasteiger charge is 2.12. The van der Waals surface area contributed by atoms with Crippen LogP contribution in [0.15, 0.2) is 16.7 Å². The lowest BCUT2D eigenvalue weighted by atomic mass is 10.1. The summed E-state index contributed by atoms with van der Waals surface area (Å²) in [6, 6.07) is 3.48. The van der Waals surface area contributed by atoms with Gasteiger partial charge < -0.3 is 4.52 Å². The number of aryl methyl sites for hydroxylation is 2. The van der Waals surface area contributed by atoms with Gasteiger partial charge in [0.2, 0.25) is 0 Å². The Labute approximate surface area is 85.9 Å². The Morgan fingerprint density at radius 3 is 2.50 bits per heavy atom. The van der Waals surface area contributed by atoms with Gasteiger partial charge in [0.05, 0.1) is 17.0 Å². The lowest BCUT2D eigenvalue weighted by Crippen LogP contribution is -1.89. The second-order valence-corrected chi connectivity index (χ2v) is 3.33. The Morgan fingerprint density at radius 1 is 1.21 bits per heavy atom. The van der Waals surface area contributed by atoms with E-state index in [9.17, 15) is 0 Å². The van der Waals surface area contributed by atoms with Gasteiger partial charge in [0.1, 0.15) is 5.76 Å². The summed E-state index contributed by atoms with van der Waals surface area (Å²) in [6.45, 7) is 3.70. The minimum absolute atomic E-state index is 0.375. The van der Waals surface area contributed by atoms with E-state index in [2.05, 4.69) is 15.4 Å². The van der Waals surface area contributed by atoms with Crippen molar-refractivity contribution in [2.24, 2.45) is 0 Å². The Bertz CT molecular complexity index is 430. The molecule has 0 aliphatic carbocycles. The summed E-state index contributed by atoms with van der Waals surface area (Å²) >= 11 is 5.64. The van der Waals surface area contributed by atoms with Crippen LogP contribution in [0.3, 0.4) is 0 Å². The predicted octanol–water partition coefficient (Wildman–Crippen LogP) is 2.40. The average molecular weight is 210 g/mol. The Morgan fingerprint density at radius 2 is 2.00 bits per heavy atom. The number of hydrogen-bond acceptors (Lipinski definition) is 4. The summed E-state index contributed by atoms with van der Waals surface area (Å²) in [7, 11) is 0. The molecular formula is C9H8ClN3O. The van der Waals surface area contributed by atoms with Gasteiger partial charge in [-0.25, -0.2) is 0 Å². The van der Waals surface area contributed by atoms with E-state index in [1.165, 1.54) is 0 Å². The number of hydrogen-bond donors (Lipinski definition) is 0. The van der Waals surface area contributed by atoms with E-state index in [4.69, 9.17) is 16.1 Å². The lowest BCUT2D eigenvalue weighted by molar-refractivity contribution is 0.393. The first kappa shape index (κ1) is 9.15. The monoisotopic (exact) mass is 209 g/mol. The van der Waals surface area contributed by atoms with Crippen molar-refractivity contribution in [2.75, 3.05) is 0 Å². The average Bonchev–Trinajstić information content (AvgIpc) is 2.49. The van der Waals surface area contributed by atoms with Gasteiger partial charge in [-0.15, -0.1) is 10.2 Å². The molecule has 0 spiro atoms. The van der Waals surface area contributed by atoms with E-state index in [0.717, 1.165) is 22.7 Å². The maximum atomic E-state index is 5.64. The maximum absolute atomic E-state index is 5.64. The smallest absolute Gasteiger partial charge is 0.151 e. The molecule has 5 heteroatoms. The van der Waals surface area contributed by atoms with Gasteiger partial charge in [-0.1, -0.05) is 16.8 Å². The Hall–Kier alpha value is -1.42. The highest BCUT2D eigenvalue weighted by atomic mass is 35.5. The van der Waals surface area contributed by atoms with E-state index in [-0.39, 0.29) is 0 Å².